The zero-order chi connectivity index (χ0) is 31.0. The molecule has 0 unspecified atom stereocenters. The van der Waals surface area contributed by atoms with Crippen molar-refractivity contribution in [1.82, 2.24) is 19.5 Å². The lowest BCUT2D eigenvalue weighted by atomic mass is 10.0. The van der Waals surface area contributed by atoms with E-state index in [1.807, 2.05) is 78.9 Å². The summed E-state index contributed by atoms with van der Waals surface area (Å²) in [5.41, 5.74) is 9.62. The van der Waals surface area contributed by atoms with Crippen molar-refractivity contribution in [2.24, 2.45) is 0 Å². The Morgan fingerprint density at radius 3 is 1.76 bits per heavy atom. The van der Waals surface area contributed by atoms with Crippen LogP contribution in [-0.2, 0) is 0 Å². The molecule has 0 aliphatic carbocycles. The van der Waals surface area contributed by atoms with Crippen LogP contribution < -0.4 is 0 Å². The van der Waals surface area contributed by atoms with Gasteiger partial charge >= 0.3 is 0 Å². The van der Waals surface area contributed by atoms with Crippen molar-refractivity contribution in [1.29, 1.82) is 0 Å². The maximum absolute atomic E-state index is 8.04. The van der Waals surface area contributed by atoms with Gasteiger partial charge in [-0.05, 0) is 48.4 Å². The first-order valence-corrected chi connectivity index (χ1v) is 15.2. The molecule has 0 bridgehead atoms. The Hall–Kier alpha value is -6.38. The number of hydrogen-bond donors (Lipinski definition) is 0. The fourth-order valence-electron chi connectivity index (χ4n) is 6.05. The molecule has 46 heavy (non-hydrogen) atoms. The van der Waals surface area contributed by atoms with E-state index in [1.165, 1.54) is 27.5 Å². The van der Waals surface area contributed by atoms with Crippen molar-refractivity contribution in [3.05, 3.63) is 163 Å². The summed E-state index contributed by atoms with van der Waals surface area (Å²) < 4.78 is 2.26. The van der Waals surface area contributed by atoms with Gasteiger partial charge in [-0.1, -0.05) is 121 Å². The van der Waals surface area contributed by atoms with Gasteiger partial charge < -0.3 is 4.57 Å². The van der Waals surface area contributed by atoms with Crippen LogP contribution in [0.15, 0.2) is 146 Å². The van der Waals surface area contributed by atoms with E-state index in [1.54, 1.807) is 0 Å². The summed E-state index contributed by atoms with van der Waals surface area (Å²) >= 11 is 0. The minimum atomic E-state index is 0.461. The number of nitrogens with zero attached hydrogens (tertiary/aromatic N) is 5. The summed E-state index contributed by atoms with van der Waals surface area (Å²) in [6, 6.07) is 49.5. The normalized spacial score (nSPS) is 11.1. The van der Waals surface area contributed by atoms with Gasteiger partial charge in [-0.2, -0.15) is 0 Å². The fraction of sp³-hybridized carbons (Fsp3) is 0.0244. The molecule has 0 atom stereocenters. The van der Waals surface area contributed by atoms with Crippen molar-refractivity contribution in [3.8, 4) is 51.0 Å². The molecule has 0 aliphatic heterocycles. The Kier molecular flexibility index (Phi) is 6.67. The molecule has 0 fully saturated rings. The highest BCUT2D eigenvalue weighted by Gasteiger charge is 2.18. The van der Waals surface area contributed by atoms with Crippen LogP contribution in [0.1, 0.15) is 5.56 Å². The lowest BCUT2D eigenvalue weighted by Crippen LogP contribution is -2.01. The summed E-state index contributed by atoms with van der Waals surface area (Å²) in [6.07, 6.45) is 0. The SMILES string of the molecule is [C-]#[N+]c1ccc(-n2c3ccccc3c3cc(-c4ccc(C)cc4)ccc32)cc1-c1nc(-c2ccccc2)nc(-c2ccccc2)n1. The lowest BCUT2D eigenvalue weighted by molar-refractivity contribution is 1.07. The minimum absolute atomic E-state index is 0.461. The molecule has 0 spiro atoms. The fourth-order valence-corrected chi connectivity index (χ4v) is 6.05. The van der Waals surface area contributed by atoms with Crippen molar-refractivity contribution in [3.63, 3.8) is 0 Å². The second kappa shape index (κ2) is 11.3. The molecule has 0 aliphatic rings. The Labute approximate surface area is 266 Å². The van der Waals surface area contributed by atoms with E-state index in [0.717, 1.165) is 27.8 Å². The zero-order valence-corrected chi connectivity index (χ0v) is 25.1. The van der Waals surface area contributed by atoms with E-state index in [2.05, 4.69) is 83.1 Å². The predicted octanol–water partition coefficient (Wildman–Crippen LogP) is 10.5. The summed E-state index contributed by atoms with van der Waals surface area (Å²) in [6.45, 7) is 10.1. The summed E-state index contributed by atoms with van der Waals surface area (Å²) in [4.78, 5) is 18.6. The monoisotopic (exact) mass is 589 g/mol. The molecule has 5 nitrogen and oxygen atoms in total. The maximum atomic E-state index is 8.04. The Morgan fingerprint density at radius 2 is 1.09 bits per heavy atom. The molecular weight excluding hydrogens is 562 g/mol. The smallest absolute Gasteiger partial charge is 0.198 e. The van der Waals surface area contributed by atoms with Crippen LogP contribution in [0.2, 0.25) is 0 Å². The van der Waals surface area contributed by atoms with Crippen molar-refractivity contribution in [2.45, 2.75) is 6.92 Å². The van der Waals surface area contributed by atoms with Gasteiger partial charge in [0.15, 0.2) is 23.2 Å². The van der Waals surface area contributed by atoms with E-state index in [9.17, 15) is 0 Å². The van der Waals surface area contributed by atoms with Crippen molar-refractivity contribution < 1.29 is 0 Å². The molecule has 0 amide bonds. The highest BCUT2D eigenvalue weighted by molar-refractivity contribution is 6.10. The van der Waals surface area contributed by atoms with Gasteiger partial charge in [0.1, 0.15) is 0 Å². The number of aromatic nitrogens is 4. The molecule has 2 aromatic heterocycles. The number of fused-ring (bicyclic) bond motifs is 3. The van der Waals surface area contributed by atoms with Gasteiger partial charge in [0, 0.05) is 33.2 Å². The topological polar surface area (TPSA) is 48.0 Å². The minimum Gasteiger partial charge on any atom is -0.309 e. The maximum Gasteiger partial charge on any atom is 0.198 e. The van der Waals surface area contributed by atoms with Crippen LogP contribution in [0.4, 0.5) is 5.69 Å². The van der Waals surface area contributed by atoms with Gasteiger partial charge in [-0.25, -0.2) is 19.8 Å². The lowest BCUT2D eigenvalue weighted by Gasteiger charge is -2.13. The number of para-hydroxylation sites is 1. The third-order valence-electron chi connectivity index (χ3n) is 8.36. The van der Waals surface area contributed by atoms with Crippen molar-refractivity contribution >= 4 is 27.5 Å². The van der Waals surface area contributed by atoms with Crippen molar-refractivity contribution in [2.75, 3.05) is 0 Å². The van der Waals surface area contributed by atoms with E-state index < -0.39 is 0 Å². The molecule has 0 saturated heterocycles. The number of aryl methyl sites for hydroxylation is 1. The Bertz CT molecular complexity index is 2360. The van der Waals surface area contributed by atoms with Crippen LogP contribution in [0.5, 0.6) is 0 Å². The van der Waals surface area contributed by atoms with E-state index >= 15 is 0 Å². The van der Waals surface area contributed by atoms with Gasteiger partial charge in [0.05, 0.1) is 17.6 Å². The van der Waals surface area contributed by atoms with Gasteiger partial charge in [-0.3, -0.25) is 0 Å². The zero-order valence-electron chi connectivity index (χ0n) is 25.1. The molecule has 0 saturated carbocycles. The van der Waals surface area contributed by atoms with Gasteiger partial charge in [0.25, 0.3) is 0 Å². The second-order valence-electron chi connectivity index (χ2n) is 11.3. The third-order valence-corrected chi connectivity index (χ3v) is 8.36. The average molecular weight is 590 g/mol. The second-order valence-corrected chi connectivity index (χ2v) is 11.3. The van der Waals surface area contributed by atoms with Crippen LogP contribution in [0.3, 0.4) is 0 Å². The molecule has 8 rings (SSSR count). The van der Waals surface area contributed by atoms with E-state index in [0.29, 0.717) is 28.7 Å². The summed E-state index contributed by atoms with van der Waals surface area (Å²) in [5, 5.41) is 2.34. The molecule has 0 N–H and O–H groups in total. The molecule has 6 aromatic carbocycles. The first-order chi connectivity index (χ1) is 22.7. The summed E-state index contributed by atoms with van der Waals surface area (Å²) in [5.74, 6) is 1.58. The third kappa shape index (κ3) is 4.79. The van der Waals surface area contributed by atoms with Gasteiger partial charge in [0.2, 0.25) is 0 Å². The van der Waals surface area contributed by atoms with Crippen LogP contribution in [0.25, 0.3) is 77.6 Å². The standard InChI is InChI=1S/C41H27N5/c1-27-17-19-28(20-18-27)31-21-24-38-34(25-31)33-15-9-10-16-37(33)46(38)32-22-23-36(42-2)35(26-32)41-44-39(29-11-5-3-6-12-29)43-40(45-41)30-13-7-4-8-14-30/h3-26H,1H3. The first kappa shape index (κ1) is 27.2. The van der Waals surface area contributed by atoms with Crippen LogP contribution in [0, 0.1) is 13.5 Å². The number of rotatable bonds is 5. The quantitative estimate of drug-likeness (QED) is 0.188. The Balaban J connectivity index is 1.34. The molecular formula is C41H27N5. The first-order valence-electron chi connectivity index (χ1n) is 15.2. The largest absolute Gasteiger partial charge is 0.309 e. The van der Waals surface area contributed by atoms with Crippen LogP contribution in [-0.4, -0.2) is 19.5 Å². The molecule has 8 aromatic rings. The van der Waals surface area contributed by atoms with Crippen LogP contribution >= 0.6 is 0 Å². The Morgan fingerprint density at radius 1 is 0.500 bits per heavy atom. The van der Waals surface area contributed by atoms with E-state index in [-0.39, 0.29) is 0 Å². The summed E-state index contributed by atoms with van der Waals surface area (Å²) in [7, 11) is 0. The van der Waals surface area contributed by atoms with Gasteiger partial charge in [-0.15, -0.1) is 0 Å². The van der Waals surface area contributed by atoms with E-state index in [4.69, 9.17) is 21.5 Å². The highest BCUT2D eigenvalue weighted by Crippen LogP contribution is 2.38. The molecule has 5 heteroatoms. The average Bonchev–Trinajstić information content (AvgIpc) is 3.46. The molecule has 0 radical (unpaired) electrons. The number of benzene rings is 6. The predicted molar refractivity (Wildman–Crippen MR) is 187 cm³/mol. The molecule has 2 heterocycles. The molecule has 216 valence electrons. The highest BCUT2D eigenvalue weighted by atomic mass is 15.0. The number of hydrogen-bond acceptors (Lipinski definition) is 3.